The zero-order chi connectivity index (χ0) is 18.8. The van der Waals surface area contributed by atoms with Crippen molar-refractivity contribution < 1.29 is 39.0 Å². The average molecular weight is 352 g/mol. The Balaban J connectivity index is 2.07. The van der Waals surface area contributed by atoms with Gasteiger partial charge in [-0.2, -0.15) is 0 Å². The molecule has 0 heterocycles. The molecule has 2 N–H and O–H groups in total. The first-order valence-corrected chi connectivity index (χ1v) is 8.18. The van der Waals surface area contributed by atoms with Gasteiger partial charge < -0.3 is 10.2 Å². The predicted molar refractivity (Wildman–Crippen MR) is 81.6 cm³/mol. The van der Waals surface area contributed by atoms with E-state index in [0.717, 1.165) is 0 Å². The minimum atomic E-state index is -1.09. The van der Waals surface area contributed by atoms with Gasteiger partial charge in [0.2, 0.25) is 0 Å². The van der Waals surface area contributed by atoms with Crippen LogP contribution in [0.1, 0.15) is 51.4 Å². The van der Waals surface area contributed by atoms with Crippen LogP contribution in [-0.4, -0.2) is 45.3 Å². The topological polar surface area (TPSA) is 143 Å². The maximum atomic E-state index is 12.3. The van der Waals surface area contributed by atoms with Crippen LogP contribution in [0.25, 0.3) is 0 Å². The molecular formula is C17H20O8. The minimum absolute atomic E-state index is 0.0633. The maximum absolute atomic E-state index is 12.3. The lowest BCUT2D eigenvalue weighted by Gasteiger charge is -2.41. The monoisotopic (exact) mass is 352 g/mol. The molecule has 0 aromatic rings. The molecule has 0 radical (unpaired) electrons. The van der Waals surface area contributed by atoms with Crippen molar-refractivity contribution in [3.8, 4) is 0 Å². The van der Waals surface area contributed by atoms with E-state index >= 15 is 0 Å². The van der Waals surface area contributed by atoms with Crippen LogP contribution in [0, 0.1) is 17.3 Å². The van der Waals surface area contributed by atoms with Gasteiger partial charge in [0.1, 0.15) is 23.1 Å². The van der Waals surface area contributed by atoms with E-state index in [-0.39, 0.29) is 51.4 Å². The van der Waals surface area contributed by atoms with E-state index in [1.54, 1.807) is 0 Å². The lowest BCUT2D eigenvalue weighted by atomic mass is 9.59. The van der Waals surface area contributed by atoms with Crippen LogP contribution >= 0.6 is 0 Å². The highest BCUT2D eigenvalue weighted by atomic mass is 16.4. The van der Waals surface area contributed by atoms with E-state index < -0.39 is 52.3 Å². The van der Waals surface area contributed by atoms with E-state index in [2.05, 4.69) is 0 Å². The van der Waals surface area contributed by atoms with Crippen molar-refractivity contribution in [2.75, 3.05) is 0 Å². The van der Waals surface area contributed by atoms with Crippen LogP contribution in [0.5, 0.6) is 0 Å². The summed E-state index contributed by atoms with van der Waals surface area (Å²) in [5.74, 6) is -5.79. The lowest BCUT2D eigenvalue weighted by molar-refractivity contribution is -0.148. The number of carboxylic acids is 2. The van der Waals surface area contributed by atoms with Crippen molar-refractivity contribution in [2.24, 2.45) is 17.3 Å². The van der Waals surface area contributed by atoms with Gasteiger partial charge in [0, 0.05) is 38.5 Å². The van der Waals surface area contributed by atoms with Gasteiger partial charge in [0.15, 0.2) is 0 Å². The molecule has 0 unspecified atom stereocenters. The summed E-state index contributed by atoms with van der Waals surface area (Å²) in [5.41, 5.74) is -1.01. The first kappa shape index (κ1) is 19.0. The number of carboxylic acid groups (broad SMARTS) is 2. The van der Waals surface area contributed by atoms with Gasteiger partial charge in [-0.3, -0.25) is 28.8 Å². The van der Waals surface area contributed by atoms with Crippen molar-refractivity contribution in [3.63, 3.8) is 0 Å². The summed E-state index contributed by atoms with van der Waals surface area (Å²) in [6, 6.07) is 0. The van der Waals surface area contributed by atoms with Crippen molar-refractivity contribution >= 4 is 35.1 Å². The quantitative estimate of drug-likeness (QED) is 0.668. The summed E-state index contributed by atoms with van der Waals surface area (Å²) >= 11 is 0. The fourth-order valence-electron chi connectivity index (χ4n) is 3.88. The molecule has 2 saturated carbocycles. The van der Waals surface area contributed by atoms with Crippen molar-refractivity contribution in [2.45, 2.75) is 51.4 Å². The van der Waals surface area contributed by atoms with Gasteiger partial charge in [0.05, 0.1) is 11.8 Å². The van der Waals surface area contributed by atoms with Crippen molar-refractivity contribution in [1.29, 1.82) is 0 Å². The van der Waals surface area contributed by atoms with Crippen molar-refractivity contribution in [1.82, 2.24) is 0 Å². The molecule has 2 aliphatic carbocycles. The fourth-order valence-corrected chi connectivity index (χ4v) is 3.88. The molecule has 8 heteroatoms. The Morgan fingerprint density at radius 1 is 0.720 bits per heavy atom. The van der Waals surface area contributed by atoms with Crippen LogP contribution in [0.2, 0.25) is 0 Å². The summed E-state index contributed by atoms with van der Waals surface area (Å²) in [6.45, 7) is 0. The number of ketones is 4. The Hall–Kier alpha value is -2.38. The molecule has 1 spiro atoms. The SMILES string of the molecule is O=C(O)CCC1C(=O)CC2(CC1=O)CC(=O)C(CCC(=O)O)C(=O)C2. The molecule has 0 amide bonds. The number of rotatable bonds is 6. The first-order chi connectivity index (χ1) is 11.6. The number of carbonyl (C=O) groups excluding carboxylic acids is 4. The van der Waals surface area contributed by atoms with Crippen LogP contribution in [-0.2, 0) is 28.8 Å². The number of hydrogen-bond donors (Lipinski definition) is 2. The molecule has 0 bridgehead atoms. The second-order valence-electron chi connectivity index (χ2n) is 7.04. The standard InChI is InChI=1S/C17H20O8/c18-11-5-17(6-12(19)9(11)1-3-15(22)23)7-13(20)10(14(21)8-17)2-4-16(24)25/h9-10H,1-8H2,(H,22,23)(H,24,25). The zero-order valence-corrected chi connectivity index (χ0v) is 13.7. The zero-order valence-electron chi connectivity index (χ0n) is 13.7. The van der Waals surface area contributed by atoms with Crippen LogP contribution in [0.15, 0.2) is 0 Å². The first-order valence-electron chi connectivity index (χ1n) is 8.18. The van der Waals surface area contributed by atoms with E-state index in [1.165, 1.54) is 0 Å². The van der Waals surface area contributed by atoms with Gasteiger partial charge in [0.25, 0.3) is 0 Å². The van der Waals surface area contributed by atoms with E-state index in [1.807, 2.05) is 0 Å². The molecule has 25 heavy (non-hydrogen) atoms. The third-order valence-corrected chi connectivity index (χ3v) is 5.05. The molecule has 2 rings (SSSR count). The molecule has 136 valence electrons. The normalized spacial score (nSPS) is 29.9. The maximum Gasteiger partial charge on any atom is 0.303 e. The molecule has 0 aromatic heterocycles. The Morgan fingerprint density at radius 3 is 1.24 bits per heavy atom. The Kier molecular flexibility index (Phi) is 5.49. The Bertz CT molecular complexity index is 552. The van der Waals surface area contributed by atoms with Crippen LogP contribution in [0.3, 0.4) is 0 Å². The Morgan fingerprint density at radius 2 is 1.00 bits per heavy atom. The number of hydrogen-bond acceptors (Lipinski definition) is 6. The van der Waals surface area contributed by atoms with Crippen LogP contribution in [0.4, 0.5) is 0 Å². The highest BCUT2D eigenvalue weighted by Crippen LogP contribution is 2.46. The highest BCUT2D eigenvalue weighted by molar-refractivity contribution is 6.10. The average Bonchev–Trinajstić information content (AvgIpc) is 2.44. The van der Waals surface area contributed by atoms with Gasteiger partial charge in [-0.1, -0.05) is 0 Å². The molecule has 0 saturated heterocycles. The summed E-state index contributed by atoms with van der Waals surface area (Å²) in [7, 11) is 0. The van der Waals surface area contributed by atoms with Crippen LogP contribution < -0.4 is 0 Å². The predicted octanol–water partition coefficient (Wildman–Crippen LogP) is 0.799. The molecule has 8 nitrogen and oxygen atoms in total. The third kappa shape index (κ3) is 4.37. The second kappa shape index (κ2) is 7.25. The molecule has 0 aromatic carbocycles. The van der Waals surface area contributed by atoms with Gasteiger partial charge in [-0.25, -0.2) is 0 Å². The smallest absolute Gasteiger partial charge is 0.303 e. The lowest BCUT2D eigenvalue weighted by Crippen LogP contribution is -2.48. The summed E-state index contributed by atoms with van der Waals surface area (Å²) in [6.07, 6.45) is -1.07. The molecule has 0 aliphatic heterocycles. The summed E-state index contributed by atoms with van der Waals surface area (Å²) in [5, 5.41) is 17.4. The molecular weight excluding hydrogens is 332 g/mol. The van der Waals surface area contributed by atoms with E-state index in [0.29, 0.717) is 0 Å². The van der Waals surface area contributed by atoms with E-state index in [4.69, 9.17) is 10.2 Å². The van der Waals surface area contributed by atoms with Crippen molar-refractivity contribution in [3.05, 3.63) is 0 Å². The molecule has 2 aliphatic rings. The molecule has 2 fully saturated rings. The molecule has 0 atom stereocenters. The van der Waals surface area contributed by atoms with Gasteiger partial charge in [-0.15, -0.1) is 0 Å². The Labute approximate surface area is 143 Å². The summed E-state index contributed by atoms with van der Waals surface area (Å²) < 4.78 is 0. The third-order valence-electron chi connectivity index (χ3n) is 5.05. The second-order valence-corrected chi connectivity index (χ2v) is 7.04. The minimum Gasteiger partial charge on any atom is -0.481 e. The van der Waals surface area contributed by atoms with Gasteiger partial charge >= 0.3 is 11.9 Å². The summed E-state index contributed by atoms with van der Waals surface area (Å²) in [4.78, 5) is 70.4. The number of carbonyl (C=O) groups is 6. The number of Topliss-reactive ketones (excluding diaryl/α,β-unsaturated/α-hetero) is 4. The largest absolute Gasteiger partial charge is 0.481 e. The highest BCUT2D eigenvalue weighted by Gasteiger charge is 2.51. The fraction of sp³-hybridized carbons (Fsp3) is 0.647. The number of aliphatic carboxylic acids is 2. The van der Waals surface area contributed by atoms with Gasteiger partial charge in [-0.05, 0) is 18.3 Å². The van der Waals surface area contributed by atoms with E-state index in [9.17, 15) is 28.8 Å².